The lowest BCUT2D eigenvalue weighted by molar-refractivity contribution is 0.350. The van der Waals surface area contributed by atoms with E-state index in [1.807, 2.05) is 97.1 Å². The largest absolute Gasteiger partial charge is 0.504 e. The maximum atomic E-state index is 11.7. The Kier molecular flexibility index (Phi) is 6.55. The molecule has 0 spiro atoms. The highest BCUT2D eigenvalue weighted by Gasteiger charge is 2.33. The molecule has 9 aromatic rings. The van der Waals surface area contributed by atoms with Crippen molar-refractivity contribution in [1.82, 2.24) is 0 Å². The SMILES string of the molecule is Oc1c(O)c(O)c2c(-c3cc4ccccc4c4ccccc34)c3c(O)c(O)c(O)c(O)c3c(-c3ccc(-c4ccc5ccccc5c4)cc3)c2c1O. The first-order chi connectivity index (χ1) is 25.2. The first-order valence-corrected chi connectivity index (χ1v) is 16.4. The highest BCUT2D eigenvalue weighted by atomic mass is 16.4. The second-order valence-electron chi connectivity index (χ2n) is 12.9. The van der Waals surface area contributed by atoms with E-state index in [2.05, 4.69) is 0 Å². The first-order valence-electron chi connectivity index (χ1n) is 16.4. The normalized spacial score (nSPS) is 11.7. The maximum Gasteiger partial charge on any atom is 0.204 e. The van der Waals surface area contributed by atoms with Crippen molar-refractivity contribution < 1.29 is 40.9 Å². The summed E-state index contributed by atoms with van der Waals surface area (Å²) in [6.45, 7) is 0. The first kappa shape index (κ1) is 30.7. The highest BCUT2D eigenvalue weighted by molar-refractivity contribution is 6.31. The molecule has 9 aromatic carbocycles. The zero-order chi connectivity index (χ0) is 36.0. The number of benzene rings is 9. The van der Waals surface area contributed by atoms with Gasteiger partial charge < -0.3 is 40.9 Å². The van der Waals surface area contributed by atoms with Gasteiger partial charge in [-0.3, -0.25) is 0 Å². The van der Waals surface area contributed by atoms with E-state index in [4.69, 9.17) is 0 Å². The average molecular weight is 685 g/mol. The van der Waals surface area contributed by atoms with Crippen LogP contribution in [0.3, 0.4) is 0 Å². The molecule has 0 heterocycles. The zero-order valence-corrected chi connectivity index (χ0v) is 27.1. The van der Waals surface area contributed by atoms with Crippen LogP contribution < -0.4 is 0 Å². The Bertz CT molecular complexity index is 2900. The third-order valence-electron chi connectivity index (χ3n) is 10.1. The van der Waals surface area contributed by atoms with Crippen LogP contribution in [0, 0.1) is 0 Å². The number of phenolic OH excluding ortho intramolecular Hbond substituents is 8. The minimum Gasteiger partial charge on any atom is -0.504 e. The van der Waals surface area contributed by atoms with E-state index in [9.17, 15) is 40.9 Å². The molecule has 0 amide bonds. The van der Waals surface area contributed by atoms with Gasteiger partial charge in [-0.25, -0.2) is 0 Å². The average Bonchev–Trinajstić information content (AvgIpc) is 3.19. The van der Waals surface area contributed by atoms with Crippen molar-refractivity contribution in [2.75, 3.05) is 0 Å². The molecule has 0 fully saturated rings. The minimum absolute atomic E-state index is 0.00453. The Hall–Kier alpha value is -7.32. The fourth-order valence-electron chi connectivity index (χ4n) is 7.64. The molecule has 0 aliphatic heterocycles. The molecular weight excluding hydrogens is 656 g/mol. The van der Waals surface area contributed by atoms with E-state index in [0.717, 1.165) is 38.1 Å². The predicted molar refractivity (Wildman–Crippen MR) is 204 cm³/mol. The molecule has 0 aliphatic carbocycles. The Balaban J connectivity index is 1.46. The number of rotatable bonds is 3. The molecule has 8 N–H and O–H groups in total. The van der Waals surface area contributed by atoms with Gasteiger partial charge in [-0.2, -0.15) is 0 Å². The summed E-state index contributed by atoms with van der Waals surface area (Å²) in [5.41, 5.74) is 2.49. The fourth-order valence-corrected chi connectivity index (χ4v) is 7.64. The van der Waals surface area contributed by atoms with Crippen LogP contribution in [0.1, 0.15) is 0 Å². The van der Waals surface area contributed by atoms with Gasteiger partial charge in [0.15, 0.2) is 23.0 Å². The van der Waals surface area contributed by atoms with Crippen molar-refractivity contribution in [2.45, 2.75) is 0 Å². The van der Waals surface area contributed by atoms with Crippen LogP contribution >= 0.6 is 0 Å². The van der Waals surface area contributed by atoms with E-state index < -0.39 is 46.0 Å². The summed E-state index contributed by atoms with van der Waals surface area (Å²) in [4.78, 5) is 0. The van der Waals surface area contributed by atoms with E-state index in [0.29, 0.717) is 16.5 Å². The van der Waals surface area contributed by atoms with Crippen LogP contribution in [0.4, 0.5) is 0 Å². The monoisotopic (exact) mass is 684 g/mol. The van der Waals surface area contributed by atoms with Crippen molar-refractivity contribution in [3.8, 4) is 79.4 Å². The topological polar surface area (TPSA) is 162 Å². The number of aromatic hydroxyl groups is 8. The second-order valence-corrected chi connectivity index (χ2v) is 12.9. The van der Waals surface area contributed by atoms with Gasteiger partial charge in [-0.05, 0) is 66.7 Å². The third kappa shape index (κ3) is 4.21. The van der Waals surface area contributed by atoms with E-state index >= 15 is 0 Å². The summed E-state index contributed by atoms with van der Waals surface area (Å²) < 4.78 is 0. The van der Waals surface area contributed by atoms with Crippen LogP contribution in [0.2, 0.25) is 0 Å². The smallest absolute Gasteiger partial charge is 0.204 e. The molecule has 0 saturated carbocycles. The van der Waals surface area contributed by atoms with Gasteiger partial charge in [0.05, 0.1) is 0 Å². The molecule has 0 unspecified atom stereocenters. The molecule has 0 radical (unpaired) electrons. The molecule has 9 rings (SSSR count). The molecule has 0 aliphatic rings. The van der Waals surface area contributed by atoms with Gasteiger partial charge >= 0.3 is 0 Å². The van der Waals surface area contributed by atoms with E-state index in [-0.39, 0.29) is 32.7 Å². The number of phenols is 8. The Morgan fingerprint density at radius 2 is 0.692 bits per heavy atom. The van der Waals surface area contributed by atoms with Gasteiger partial charge in [0.1, 0.15) is 0 Å². The van der Waals surface area contributed by atoms with Crippen LogP contribution in [0.5, 0.6) is 46.0 Å². The standard InChI is InChI=1S/C44H28O8/c45-37-33-31(23-16-13-22(14-17-23)25-18-15-21-7-1-2-8-24(21)19-25)34-36(40(48)44(52)42(50)38(34)46)32(35(33)39(47)43(51)41(37)49)30-20-26-9-3-4-10-27(26)28-11-5-6-12-29(28)30/h1-20,45-52H. The van der Waals surface area contributed by atoms with Crippen molar-refractivity contribution in [3.05, 3.63) is 121 Å². The minimum atomic E-state index is -1.01. The molecular formula is C44H28O8. The molecule has 8 nitrogen and oxygen atoms in total. The maximum absolute atomic E-state index is 11.7. The van der Waals surface area contributed by atoms with Gasteiger partial charge in [0.25, 0.3) is 0 Å². The van der Waals surface area contributed by atoms with Crippen molar-refractivity contribution in [3.63, 3.8) is 0 Å². The van der Waals surface area contributed by atoms with Crippen molar-refractivity contribution >= 4 is 53.9 Å². The Morgan fingerprint density at radius 3 is 1.27 bits per heavy atom. The summed E-state index contributed by atoms with van der Waals surface area (Å²) in [6, 6.07) is 37.8. The zero-order valence-electron chi connectivity index (χ0n) is 27.1. The predicted octanol–water partition coefficient (Wildman–Crippen LogP) is 10.1. The van der Waals surface area contributed by atoms with Crippen LogP contribution in [0.15, 0.2) is 121 Å². The van der Waals surface area contributed by atoms with Gasteiger partial charge in [0, 0.05) is 32.7 Å². The summed E-state index contributed by atoms with van der Waals surface area (Å²) in [6.07, 6.45) is 0. The third-order valence-corrected chi connectivity index (χ3v) is 10.1. The quantitative estimate of drug-likeness (QED) is 0.0395. The molecule has 0 aromatic heterocycles. The molecule has 252 valence electrons. The lowest BCUT2D eigenvalue weighted by Gasteiger charge is -2.23. The Labute approximate surface area is 294 Å². The molecule has 8 heteroatoms. The van der Waals surface area contributed by atoms with E-state index in [1.54, 1.807) is 24.3 Å². The summed E-state index contributed by atoms with van der Waals surface area (Å²) in [5, 5.41) is 95.0. The number of hydrogen-bond donors (Lipinski definition) is 8. The Morgan fingerprint density at radius 1 is 0.269 bits per heavy atom. The second kappa shape index (κ2) is 11.1. The van der Waals surface area contributed by atoms with Gasteiger partial charge in [-0.1, -0.05) is 109 Å². The summed E-state index contributed by atoms with van der Waals surface area (Å²) in [5.74, 6) is -7.34. The van der Waals surface area contributed by atoms with Crippen molar-refractivity contribution in [1.29, 1.82) is 0 Å². The lowest BCUT2D eigenvalue weighted by Crippen LogP contribution is -1.95. The number of fused-ring (bicyclic) bond motifs is 6. The fraction of sp³-hybridized carbons (Fsp3) is 0. The summed E-state index contributed by atoms with van der Waals surface area (Å²) >= 11 is 0. The lowest BCUT2D eigenvalue weighted by atomic mass is 9.81. The molecule has 0 atom stereocenters. The van der Waals surface area contributed by atoms with Crippen LogP contribution in [0.25, 0.3) is 87.2 Å². The van der Waals surface area contributed by atoms with E-state index in [1.165, 1.54) is 0 Å². The van der Waals surface area contributed by atoms with Crippen LogP contribution in [-0.4, -0.2) is 40.9 Å². The van der Waals surface area contributed by atoms with Gasteiger partial charge in [0.2, 0.25) is 23.0 Å². The van der Waals surface area contributed by atoms with Crippen LogP contribution in [-0.2, 0) is 0 Å². The van der Waals surface area contributed by atoms with Crippen molar-refractivity contribution in [2.24, 2.45) is 0 Å². The summed E-state index contributed by atoms with van der Waals surface area (Å²) in [7, 11) is 0. The molecule has 0 bridgehead atoms. The molecule has 52 heavy (non-hydrogen) atoms. The van der Waals surface area contributed by atoms with Gasteiger partial charge in [-0.15, -0.1) is 0 Å². The molecule has 0 saturated heterocycles. The highest BCUT2D eigenvalue weighted by Crippen LogP contribution is 2.62. The number of hydrogen-bond acceptors (Lipinski definition) is 8.